The van der Waals surface area contributed by atoms with E-state index in [0.29, 0.717) is 5.41 Å². The van der Waals surface area contributed by atoms with Gasteiger partial charge in [0.25, 0.3) is 0 Å². The Morgan fingerprint density at radius 3 is 2.83 bits per heavy atom. The Morgan fingerprint density at radius 1 is 1.28 bits per heavy atom. The minimum atomic E-state index is 0.334. The third-order valence-corrected chi connectivity index (χ3v) is 3.89. The number of rotatable bonds is 6. The molecule has 0 bridgehead atoms. The van der Waals surface area contributed by atoms with Gasteiger partial charge in [-0.15, -0.1) is 0 Å². The SMILES string of the molecule is CCCOc1cccc([C@]2(CCC)CCNC2)c1. The van der Waals surface area contributed by atoms with Crippen LogP contribution in [-0.2, 0) is 5.41 Å². The topological polar surface area (TPSA) is 21.3 Å². The van der Waals surface area contributed by atoms with E-state index in [0.717, 1.165) is 31.9 Å². The molecular formula is C16H25NO. The van der Waals surface area contributed by atoms with E-state index in [2.05, 4.69) is 43.4 Å². The Balaban J connectivity index is 2.19. The van der Waals surface area contributed by atoms with E-state index in [4.69, 9.17) is 4.74 Å². The summed E-state index contributed by atoms with van der Waals surface area (Å²) in [5.74, 6) is 1.02. The quantitative estimate of drug-likeness (QED) is 0.830. The lowest BCUT2D eigenvalue weighted by Crippen LogP contribution is -2.28. The van der Waals surface area contributed by atoms with Gasteiger partial charge in [-0.25, -0.2) is 0 Å². The normalized spacial score (nSPS) is 23.2. The van der Waals surface area contributed by atoms with Crippen molar-refractivity contribution in [2.75, 3.05) is 19.7 Å². The van der Waals surface area contributed by atoms with Crippen LogP contribution in [0.3, 0.4) is 0 Å². The van der Waals surface area contributed by atoms with E-state index in [1.54, 1.807) is 0 Å². The average Bonchev–Trinajstić information content (AvgIpc) is 2.87. The molecule has 1 fully saturated rings. The third kappa shape index (κ3) is 2.86. The molecule has 0 saturated carbocycles. The van der Waals surface area contributed by atoms with Crippen molar-refractivity contribution in [3.8, 4) is 5.75 Å². The van der Waals surface area contributed by atoms with Gasteiger partial charge in [0, 0.05) is 12.0 Å². The van der Waals surface area contributed by atoms with Gasteiger partial charge in [0.15, 0.2) is 0 Å². The Bertz CT molecular complexity index is 369. The molecule has 0 aromatic heterocycles. The summed E-state index contributed by atoms with van der Waals surface area (Å²) >= 11 is 0. The summed E-state index contributed by atoms with van der Waals surface area (Å²) in [5.41, 5.74) is 1.78. The molecule has 1 heterocycles. The lowest BCUT2D eigenvalue weighted by molar-refractivity contribution is 0.315. The molecule has 1 aromatic rings. The first-order valence-corrected chi connectivity index (χ1v) is 7.25. The molecule has 0 spiro atoms. The van der Waals surface area contributed by atoms with E-state index in [-0.39, 0.29) is 0 Å². The van der Waals surface area contributed by atoms with E-state index in [9.17, 15) is 0 Å². The van der Waals surface area contributed by atoms with Crippen molar-refractivity contribution < 1.29 is 4.74 Å². The standard InChI is InChI=1S/C16H25NO/c1-3-8-16(9-10-17-13-16)14-6-5-7-15(12-14)18-11-4-2/h5-7,12,17H,3-4,8-11,13H2,1-2H3/t16-/m1/s1. The zero-order valence-electron chi connectivity index (χ0n) is 11.7. The Morgan fingerprint density at radius 2 is 2.17 bits per heavy atom. The number of ether oxygens (including phenoxy) is 1. The summed E-state index contributed by atoms with van der Waals surface area (Å²) in [6, 6.07) is 8.72. The predicted molar refractivity (Wildman–Crippen MR) is 76.3 cm³/mol. The summed E-state index contributed by atoms with van der Waals surface area (Å²) < 4.78 is 5.76. The molecule has 2 heteroatoms. The highest BCUT2D eigenvalue weighted by atomic mass is 16.5. The van der Waals surface area contributed by atoms with Crippen LogP contribution < -0.4 is 10.1 Å². The van der Waals surface area contributed by atoms with Crippen molar-refractivity contribution in [3.63, 3.8) is 0 Å². The van der Waals surface area contributed by atoms with E-state index in [1.807, 2.05) is 0 Å². The average molecular weight is 247 g/mol. The second kappa shape index (κ2) is 6.24. The van der Waals surface area contributed by atoms with Crippen molar-refractivity contribution >= 4 is 0 Å². The van der Waals surface area contributed by atoms with E-state index < -0.39 is 0 Å². The number of benzene rings is 1. The van der Waals surface area contributed by atoms with Crippen molar-refractivity contribution in [2.45, 2.75) is 44.9 Å². The molecule has 1 aliphatic rings. The Kier molecular flexibility index (Phi) is 4.65. The van der Waals surface area contributed by atoms with Crippen LogP contribution in [0, 0.1) is 0 Å². The van der Waals surface area contributed by atoms with Gasteiger partial charge in [0.05, 0.1) is 6.61 Å². The molecule has 1 aromatic carbocycles. The van der Waals surface area contributed by atoms with Crippen LogP contribution in [0.25, 0.3) is 0 Å². The van der Waals surface area contributed by atoms with Crippen LogP contribution in [0.15, 0.2) is 24.3 Å². The largest absolute Gasteiger partial charge is 0.494 e. The fourth-order valence-electron chi connectivity index (χ4n) is 2.96. The van der Waals surface area contributed by atoms with Crippen LogP contribution in [0.5, 0.6) is 5.75 Å². The van der Waals surface area contributed by atoms with E-state index in [1.165, 1.54) is 24.8 Å². The smallest absolute Gasteiger partial charge is 0.119 e. The van der Waals surface area contributed by atoms with Crippen LogP contribution in [0.4, 0.5) is 0 Å². The van der Waals surface area contributed by atoms with E-state index >= 15 is 0 Å². The van der Waals surface area contributed by atoms with Crippen LogP contribution in [-0.4, -0.2) is 19.7 Å². The van der Waals surface area contributed by atoms with Crippen LogP contribution in [0.1, 0.15) is 45.1 Å². The number of hydrogen-bond acceptors (Lipinski definition) is 2. The van der Waals surface area contributed by atoms with Crippen molar-refractivity contribution in [1.82, 2.24) is 5.32 Å². The van der Waals surface area contributed by atoms with Gasteiger partial charge in [-0.2, -0.15) is 0 Å². The van der Waals surface area contributed by atoms with Gasteiger partial charge in [0.1, 0.15) is 5.75 Å². The highest BCUT2D eigenvalue weighted by Crippen LogP contribution is 2.36. The second-order valence-electron chi connectivity index (χ2n) is 5.33. The van der Waals surface area contributed by atoms with Gasteiger partial charge in [-0.3, -0.25) is 0 Å². The minimum Gasteiger partial charge on any atom is -0.494 e. The van der Waals surface area contributed by atoms with Gasteiger partial charge in [-0.1, -0.05) is 32.4 Å². The minimum absolute atomic E-state index is 0.334. The molecule has 1 atom stereocenters. The molecule has 1 saturated heterocycles. The summed E-state index contributed by atoms with van der Waals surface area (Å²) in [5, 5.41) is 3.52. The fourth-order valence-corrected chi connectivity index (χ4v) is 2.96. The molecule has 2 rings (SSSR count). The molecule has 1 aliphatic heterocycles. The van der Waals surface area contributed by atoms with Gasteiger partial charge in [0.2, 0.25) is 0 Å². The number of hydrogen-bond donors (Lipinski definition) is 1. The molecule has 100 valence electrons. The Labute approximate surface area is 111 Å². The van der Waals surface area contributed by atoms with Crippen molar-refractivity contribution in [2.24, 2.45) is 0 Å². The Hall–Kier alpha value is -1.02. The number of nitrogens with one attached hydrogen (secondary N) is 1. The molecule has 0 aliphatic carbocycles. The second-order valence-corrected chi connectivity index (χ2v) is 5.33. The lowest BCUT2D eigenvalue weighted by Gasteiger charge is -2.29. The highest BCUT2D eigenvalue weighted by molar-refractivity contribution is 5.35. The maximum atomic E-state index is 5.76. The third-order valence-electron chi connectivity index (χ3n) is 3.89. The molecule has 0 amide bonds. The monoisotopic (exact) mass is 247 g/mol. The molecule has 0 unspecified atom stereocenters. The first kappa shape index (κ1) is 13.4. The summed E-state index contributed by atoms with van der Waals surface area (Å²) in [6.07, 6.45) is 4.81. The van der Waals surface area contributed by atoms with Gasteiger partial charge < -0.3 is 10.1 Å². The maximum Gasteiger partial charge on any atom is 0.119 e. The zero-order valence-corrected chi connectivity index (χ0v) is 11.7. The zero-order chi connectivity index (χ0) is 12.8. The predicted octanol–water partition coefficient (Wildman–Crippen LogP) is 3.51. The molecule has 0 radical (unpaired) electrons. The molecule has 1 N–H and O–H groups in total. The van der Waals surface area contributed by atoms with Crippen molar-refractivity contribution in [1.29, 1.82) is 0 Å². The summed E-state index contributed by atoms with van der Waals surface area (Å²) in [4.78, 5) is 0. The van der Waals surface area contributed by atoms with Crippen LogP contribution >= 0.6 is 0 Å². The summed E-state index contributed by atoms with van der Waals surface area (Å²) in [7, 11) is 0. The first-order valence-electron chi connectivity index (χ1n) is 7.25. The first-order chi connectivity index (χ1) is 8.80. The summed E-state index contributed by atoms with van der Waals surface area (Å²) in [6.45, 7) is 7.47. The fraction of sp³-hybridized carbons (Fsp3) is 0.625. The molecule has 2 nitrogen and oxygen atoms in total. The lowest BCUT2D eigenvalue weighted by atomic mass is 9.76. The van der Waals surface area contributed by atoms with Gasteiger partial charge >= 0.3 is 0 Å². The maximum absolute atomic E-state index is 5.76. The molecule has 18 heavy (non-hydrogen) atoms. The molecular weight excluding hydrogens is 222 g/mol. The van der Waals surface area contributed by atoms with Crippen LogP contribution in [0.2, 0.25) is 0 Å². The van der Waals surface area contributed by atoms with Gasteiger partial charge in [-0.05, 0) is 43.5 Å². The van der Waals surface area contributed by atoms with Crippen molar-refractivity contribution in [3.05, 3.63) is 29.8 Å². The highest BCUT2D eigenvalue weighted by Gasteiger charge is 2.34.